The van der Waals surface area contributed by atoms with E-state index in [4.69, 9.17) is 4.98 Å². The lowest BCUT2D eigenvalue weighted by molar-refractivity contribution is -0.00765. The average Bonchev–Trinajstić information content (AvgIpc) is 3.29. The lowest BCUT2D eigenvalue weighted by Crippen LogP contribution is -2.53. The third-order valence-electron chi connectivity index (χ3n) is 5.45. The van der Waals surface area contributed by atoms with Crippen LogP contribution >= 0.6 is 0 Å². The molecule has 2 saturated heterocycles. The van der Waals surface area contributed by atoms with Gasteiger partial charge in [-0.25, -0.2) is 15.0 Å². The summed E-state index contributed by atoms with van der Waals surface area (Å²) in [7, 11) is 0. The predicted octanol–water partition coefficient (Wildman–Crippen LogP) is 2.85. The first kappa shape index (κ1) is 14.3. The Labute approximate surface area is 141 Å². The van der Waals surface area contributed by atoms with Crippen molar-refractivity contribution in [1.82, 2.24) is 20.0 Å². The minimum absolute atomic E-state index is 1.04. The molecule has 2 aromatic heterocycles. The van der Waals surface area contributed by atoms with Gasteiger partial charge in [-0.05, 0) is 25.0 Å². The van der Waals surface area contributed by atoms with Gasteiger partial charge in [0.2, 0.25) is 0 Å². The van der Waals surface area contributed by atoms with Crippen molar-refractivity contribution in [3.05, 3.63) is 36.5 Å². The molecule has 0 atom stereocenters. The maximum atomic E-state index is 4.71. The molecule has 2 aliphatic heterocycles. The molecular weight excluding hydrogens is 298 g/mol. The third-order valence-corrected chi connectivity index (χ3v) is 5.45. The van der Waals surface area contributed by atoms with Gasteiger partial charge in [-0.15, -0.1) is 0 Å². The van der Waals surface area contributed by atoms with Crippen LogP contribution in [0.15, 0.2) is 36.5 Å². The van der Waals surface area contributed by atoms with Gasteiger partial charge in [0.25, 0.3) is 0 Å². The second kappa shape index (κ2) is 5.76. The SMILES string of the molecule is c1ccc2c(c1)[nH]c1c(N3CCN(N4CCCC4)CC3)nccc12. The van der Waals surface area contributed by atoms with Crippen molar-refractivity contribution >= 4 is 27.6 Å². The number of pyridine rings is 1. The zero-order valence-corrected chi connectivity index (χ0v) is 13.9. The predicted molar refractivity (Wildman–Crippen MR) is 98.2 cm³/mol. The smallest absolute Gasteiger partial charge is 0.153 e. The van der Waals surface area contributed by atoms with E-state index in [0.29, 0.717) is 0 Å². The number of nitrogens with one attached hydrogen (secondary N) is 1. The summed E-state index contributed by atoms with van der Waals surface area (Å²) in [4.78, 5) is 10.7. The Balaban J connectivity index is 1.45. The molecular formula is C19H23N5. The van der Waals surface area contributed by atoms with Gasteiger partial charge in [-0.2, -0.15) is 0 Å². The molecule has 0 amide bonds. The van der Waals surface area contributed by atoms with Gasteiger partial charge < -0.3 is 9.88 Å². The van der Waals surface area contributed by atoms with Crippen LogP contribution in [0.4, 0.5) is 5.82 Å². The number of rotatable bonds is 2. The van der Waals surface area contributed by atoms with E-state index >= 15 is 0 Å². The maximum absolute atomic E-state index is 4.71. The molecule has 3 aromatic rings. The first-order valence-corrected chi connectivity index (χ1v) is 9.00. The summed E-state index contributed by atoms with van der Waals surface area (Å²) in [6, 6.07) is 10.6. The Morgan fingerprint density at radius 3 is 2.38 bits per heavy atom. The highest BCUT2D eigenvalue weighted by atomic mass is 15.6. The summed E-state index contributed by atoms with van der Waals surface area (Å²) in [5, 5.41) is 7.63. The largest absolute Gasteiger partial charge is 0.352 e. The van der Waals surface area contributed by atoms with Gasteiger partial charge >= 0.3 is 0 Å². The van der Waals surface area contributed by atoms with E-state index in [1.165, 1.54) is 47.7 Å². The molecule has 2 aliphatic rings. The molecule has 4 heterocycles. The normalized spacial score (nSPS) is 20.4. The molecule has 0 aliphatic carbocycles. The molecule has 0 radical (unpaired) electrons. The van der Waals surface area contributed by atoms with Crippen LogP contribution in [0.25, 0.3) is 21.8 Å². The number of hydrogen-bond donors (Lipinski definition) is 1. The summed E-state index contributed by atoms with van der Waals surface area (Å²) in [5.74, 6) is 1.10. The molecule has 2 fully saturated rings. The summed E-state index contributed by atoms with van der Waals surface area (Å²) in [6.45, 7) is 6.73. The maximum Gasteiger partial charge on any atom is 0.153 e. The standard InChI is InChI=1S/C19H23N5/c1-2-6-17-15(5-1)16-7-8-20-19(18(16)21-17)22-11-13-24(14-12-22)23-9-3-4-10-23/h1-2,5-8,21H,3-4,9-14H2. The number of piperazine rings is 1. The van der Waals surface area contributed by atoms with E-state index < -0.39 is 0 Å². The quantitative estimate of drug-likeness (QED) is 0.788. The molecule has 124 valence electrons. The Morgan fingerprint density at radius 2 is 1.54 bits per heavy atom. The van der Waals surface area contributed by atoms with E-state index in [0.717, 1.165) is 32.0 Å². The van der Waals surface area contributed by atoms with Crippen molar-refractivity contribution in [2.24, 2.45) is 0 Å². The van der Waals surface area contributed by atoms with Crippen molar-refractivity contribution in [3.63, 3.8) is 0 Å². The van der Waals surface area contributed by atoms with Crippen LogP contribution in [0.3, 0.4) is 0 Å². The van der Waals surface area contributed by atoms with Gasteiger partial charge in [-0.1, -0.05) is 18.2 Å². The van der Waals surface area contributed by atoms with Crippen molar-refractivity contribution in [2.45, 2.75) is 12.8 Å². The molecule has 0 saturated carbocycles. The van der Waals surface area contributed by atoms with Gasteiger partial charge in [0.05, 0.1) is 5.52 Å². The summed E-state index contributed by atoms with van der Waals surface area (Å²) in [6.07, 6.45) is 4.64. The van der Waals surface area contributed by atoms with E-state index in [1.807, 2.05) is 6.20 Å². The highest BCUT2D eigenvalue weighted by molar-refractivity contribution is 6.10. The van der Waals surface area contributed by atoms with Gasteiger partial charge in [-0.3, -0.25) is 0 Å². The fraction of sp³-hybridized carbons (Fsp3) is 0.421. The molecule has 0 spiro atoms. The van der Waals surface area contributed by atoms with Gasteiger partial charge in [0, 0.05) is 61.8 Å². The van der Waals surface area contributed by atoms with Gasteiger partial charge in [0.1, 0.15) is 0 Å². The van der Waals surface area contributed by atoms with E-state index in [2.05, 4.69) is 50.2 Å². The molecule has 5 rings (SSSR count). The fourth-order valence-corrected chi connectivity index (χ4v) is 4.17. The topological polar surface area (TPSA) is 38.4 Å². The Morgan fingerprint density at radius 1 is 0.792 bits per heavy atom. The van der Waals surface area contributed by atoms with Crippen molar-refractivity contribution in [1.29, 1.82) is 0 Å². The van der Waals surface area contributed by atoms with Crippen LogP contribution in [0.5, 0.6) is 0 Å². The molecule has 1 N–H and O–H groups in total. The van der Waals surface area contributed by atoms with Crippen molar-refractivity contribution in [3.8, 4) is 0 Å². The van der Waals surface area contributed by atoms with E-state index in [-0.39, 0.29) is 0 Å². The van der Waals surface area contributed by atoms with Crippen molar-refractivity contribution < 1.29 is 0 Å². The van der Waals surface area contributed by atoms with E-state index in [1.54, 1.807) is 0 Å². The Bertz CT molecular complexity index is 856. The highest BCUT2D eigenvalue weighted by Crippen LogP contribution is 2.31. The van der Waals surface area contributed by atoms with Crippen LogP contribution < -0.4 is 4.90 Å². The lowest BCUT2D eigenvalue weighted by atomic mass is 10.2. The summed E-state index contributed by atoms with van der Waals surface area (Å²) >= 11 is 0. The molecule has 0 unspecified atom stereocenters. The summed E-state index contributed by atoms with van der Waals surface area (Å²) < 4.78 is 0. The third kappa shape index (κ3) is 2.27. The number of para-hydroxylation sites is 1. The molecule has 1 aromatic carbocycles. The number of benzene rings is 1. The minimum atomic E-state index is 1.04. The highest BCUT2D eigenvalue weighted by Gasteiger charge is 2.25. The number of aromatic nitrogens is 2. The molecule has 5 heteroatoms. The molecule has 0 bridgehead atoms. The number of hydrazine groups is 1. The number of hydrogen-bond acceptors (Lipinski definition) is 4. The van der Waals surface area contributed by atoms with Crippen LogP contribution in [-0.2, 0) is 0 Å². The Kier molecular flexibility index (Phi) is 3.42. The molecule has 24 heavy (non-hydrogen) atoms. The number of H-pyrrole nitrogens is 1. The lowest BCUT2D eigenvalue weighted by Gasteiger charge is -2.39. The average molecular weight is 321 g/mol. The number of fused-ring (bicyclic) bond motifs is 3. The second-order valence-electron chi connectivity index (χ2n) is 6.83. The van der Waals surface area contributed by atoms with Crippen LogP contribution in [0.1, 0.15) is 12.8 Å². The minimum Gasteiger partial charge on any atom is -0.352 e. The number of nitrogens with zero attached hydrogens (tertiary/aromatic N) is 4. The van der Waals surface area contributed by atoms with Gasteiger partial charge in [0.15, 0.2) is 5.82 Å². The zero-order valence-electron chi connectivity index (χ0n) is 13.9. The van der Waals surface area contributed by atoms with E-state index in [9.17, 15) is 0 Å². The monoisotopic (exact) mass is 321 g/mol. The Hall–Kier alpha value is -2.11. The fourth-order valence-electron chi connectivity index (χ4n) is 4.17. The first-order chi connectivity index (χ1) is 11.9. The van der Waals surface area contributed by atoms with Crippen LogP contribution in [0, 0.1) is 0 Å². The van der Waals surface area contributed by atoms with Crippen LogP contribution in [0.2, 0.25) is 0 Å². The summed E-state index contributed by atoms with van der Waals surface area (Å²) in [5.41, 5.74) is 2.37. The molecule has 5 nitrogen and oxygen atoms in total. The zero-order chi connectivity index (χ0) is 15.9. The first-order valence-electron chi connectivity index (χ1n) is 9.00. The van der Waals surface area contributed by atoms with Crippen molar-refractivity contribution in [2.75, 3.05) is 44.2 Å². The van der Waals surface area contributed by atoms with Crippen LogP contribution in [-0.4, -0.2) is 59.3 Å². The second-order valence-corrected chi connectivity index (χ2v) is 6.83. The number of anilines is 1. The number of aromatic amines is 1.